The minimum Gasteiger partial charge on any atom is -0.480 e. The summed E-state index contributed by atoms with van der Waals surface area (Å²) in [6.45, 7) is 4.53. The van der Waals surface area contributed by atoms with E-state index in [1.54, 1.807) is 6.92 Å². The van der Waals surface area contributed by atoms with Gasteiger partial charge >= 0.3 is 5.97 Å². The molecule has 0 spiro atoms. The van der Waals surface area contributed by atoms with Gasteiger partial charge in [-0.3, -0.25) is 4.79 Å². The molecule has 0 saturated carbocycles. The summed E-state index contributed by atoms with van der Waals surface area (Å²) < 4.78 is 27.8. The summed E-state index contributed by atoms with van der Waals surface area (Å²) in [6, 6.07) is -1.05. The number of rotatable bonds is 6. The van der Waals surface area contributed by atoms with Crippen LogP contribution in [-0.2, 0) is 15.0 Å². The van der Waals surface area contributed by atoms with Crippen LogP contribution in [0.4, 0.5) is 0 Å². The lowest BCUT2D eigenvalue weighted by molar-refractivity contribution is -0.140. The van der Waals surface area contributed by atoms with Crippen LogP contribution in [0.25, 0.3) is 0 Å². The molecular weight excluding hydrogens is 256 g/mol. The summed E-state index contributed by atoms with van der Waals surface area (Å²) in [5.74, 6) is -1.35. The third kappa shape index (κ3) is 3.93. The molecule has 0 aliphatic carbocycles. The molecule has 1 aliphatic rings. The molecule has 0 aromatic rings. The van der Waals surface area contributed by atoms with Gasteiger partial charge in [-0.25, -0.2) is 0 Å². The van der Waals surface area contributed by atoms with Crippen LogP contribution in [-0.4, -0.2) is 42.9 Å². The van der Waals surface area contributed by atoms with E-state index in [-0.39, 0.29) is 5.92 Å². The van der Waals surface area contributed by atoms with E-state index in [4.69, 9.17) is 5.11 Å². The van der Waals surface area contributed by atoms with Crippen LogP contribution in [0.3, 0.4) is 0 Å². The van der Waals surface area contributed by atoms with E-state index in [1.165, 1.54) is 4.31 Å². The van der Waals surface area contributed by atoms with Crippen molar-refractivity contribution in [1.29, 1.82) is 0 Å². The van der Waals surface area contributed by atoms with Crippen LogP contribution in [0.15, 0.2) is 0 Å². The van der Waals surface area contributed by atoms with E-state index >= 15 is 0 Å². The number of carboxylic acids is 1. The zero-order valence-electron chi connectivity index (χ0n) is 10.9. The van der Waals surface area contributed by atoms with Gasteiger partial charge in [-0.2, -0.15) is 17.4 Å². The zero-order chi connectivity index (χ0) is 13.8. The summed E-state index contributed by atoms with van der Waals surface area (Å²) in [4.78, 5) is 11.1. The maximum atomic E-state index is 12.1. The molecule has 1 unspecified atom stereocenters. The van der Waals surface area contributed by atoms with Crippen molar-refractivity contribution in [2.45, 2.75) is 45.6 Å². The van der Waals surface area contributed by atoms with E-state index in [1.807, 2.05) is 6.92 Å². The molecular formula is C11H22N2O4S. The third-order valence-corrected chi connectivity index (χ3v) is 5.01. The molecule has 1 rings (SSSR count). The predicted molar refractivity (Wildman–Crippen MR) is 68.4 cm³/mol. The van der Waals surface area contributed by atoms with Crippen LogP contribution in [0.2, 0.25) is 0 Å². The predicted octanol–water partition coefficient (Wildman–Crippen LogP) is 0.806. The molecule has 6 nitrogen and oxygen atoms in total. The second-order valence-electron chi connectivity index (χ2n) is 4.78. The SMILES string of the molecule is CCC(C)[C@H](NS(=O)(=O)N1CCCCC1)C(=O)O. The van der Waals surface area contributed by atoms with Crippen molar-refractivity contribution in [3.63, 3.8) is 0 Å². The van der Waals surface area contributed by atoms with E-state index in [9.17, 15) is 13.2 Å². The van der Waals surface area contributed by atoms with Crippen LogP contribution in [0, 0.1) is 5.92 Å². The Hall–Kier alpha value is -0.660. The summed E-state index contributed by atoms with van der Waals surface area (Å²) in [5.41, 5.74) is 0. The lowest BCUT2D eigenvalue weighted by Crippen LogP contribution is -2.51. The highest BCUT2D eigenvalue weighted by molar-refractivity contribution is 7.87. The number of hydrogen-bond donors (Lipinski definition) is 2. The molecule has 0 aromatic carbocycles. The highest BCUT2D eigenvalue weighted by Gasteiger charge is 2.32. The Morgan fingerprint density at radius 2 is 1.89 bits per heavy atom. The fourth-order valence-electron chi connectivity index (χ4n) is 1.99. The molecule has 2 N–H and O–H groups in total. The second-order valence-corrected chi connectivity index (χ2v) is 6.49. The van der Waals surface area contributed by atoms with Gasteiger partial charge < -0.3 is 5.11 Å². The summed E-state index contributed by atoms with van der Waals surface area (Å²) in [7, 11) is -3.68. The Kier molecular flexibility index (Phi) is 5.55. The Morgan fingerprint density at radius 1 is 1.33 bits per heavy atom. The molecule has 1 fully saturated rings. The van der Waals surface area contributed by atoms with Crippen LogP contribution < -0.4 is 4.72 Å². The van der Waals surface area contributed by atoms with Gasteiger partial charge in [0.2, 0.25) is 0 Å². The maximum Gasteiger partial charge on any atom is 0.322 e. The summed E-state index contributed by atoms with van der Waals surface area (Å²) in [6.07, 6.45) is 3.31. The quantitative estimate of drug-likeness (QED) is 0.752. The summed E-state index contributed by atoms with van der Waals surface area (Å²) >= 11 is 0. The molecule has 0 bridgehead atoms. The van der Waals surface area contributed by atoms with Gasteiger partial charge in [0.15, 0.2) is 0 Å². The smallest absolute Gasteiger partial charge is 0.322 e. The molecule has 1 saturated heterocycles. The molecule has 1 aliphatic heterocycles. The van der Waals surface area contributed by atoms with Gasteiger partial charge in [-0.15, -0.1) is 0 Å². The minimum absolute atomic E-state index is 0.234. The molecule has 0 radical (unpaired) electrons. The minimum atomic E-state index is -3.68. The standard InChI is InChI=1S/C11H22N2O4S/c1-3-9(2)10(11(14)15)12-18(16,17)13-7-5-4-6-8-13/h9-10,12H,3-8H2,1-2H3,(H,14,15)/t9?,10-/m0/s1. The van der Waals surface area contributed by atoms with Gasteiger partial charge in [0, 0.05) is 13.1 Å². The first-order valence-electron chi connectivity index (χ1n) is 6.38. The number of nitrogens with zero attached hydrogens (tertiary/aromatic N) is 1. The van der Waals surface area contributed by atoms with Crippen molar-refractivity contribution in [3.05, 3.63) is 0 Å². The number of hydrogen-bond acceptors (Lipinski definition) is 3. The Bertz CT molecular complexity index is 377. The van der Waals surface area contributed by atoms with Crippen molar-refractivity contribution in [2.75, 3.05) is 13.1 Å². The number of carbonyl (C=O) groups is 1. The molecule has 7 heteroatoms. The Labute approximate surface area is 109 Å². The normalized spacial score (nSPS) is 21.4. The summed E-state index contributed by atoms with van der Waals surface area (Å²) in [5, 5.41) is 9.09. The van der Waals surface area contributed by atoms with Gasteiger partial charge in [-0.05, 0) is 18.8 Å². The van der Waals surface area contributed by atoms with E-state index in [0.717, 1.165) is 19.3 Å². The first kappa shape index (κ1) is 15.4. The molecule has 106 valence electrons. The van der Waals surface area contributed by atoms with Crippen molar-refractivity contribution in [1.82, 2.24) is 9.03 Å². The van der Waals surface area contributed by atoms with E-state index in [0.29, 0.717) is 19.5 Å². The second kappa shape index (κ2) is 6.49. The first-order chi connectivity index (χ1) is 8.38. The third-order valence-electron chi connectivity index (χ3n) is 3.41. The molecule has 0 amide bonds. The Morgan fingerprint density at radius 3 is 2.33 bits per heavy atom. The molecule has 18 heavy (non-hydrogen) atoms. The lowest BCUT2D eigenvalue weighted by atomic mass is 10.0. The average Bonchev–Trinajstić information content (AvgIpc) is 2.36. The average molecular weight is 278 g/mol. The molecule has 2 atom stereocenters. The topological polar surface area (TPSA) is 86.7 Å². The lowest BCUT2D eigenvalue weighted by Gasteiger charge is -2.29. The van der Waals surface area contributed by atoms with E-state index in [2.05, 4.69) is 4.72 Å². The van der Waals surface area contributed by atoms with Gasteiger partial charge in [0.25, 0.3) is 10.2 Å². The number of carboxylic acid groups (broad SMARTS) is 1. The van der Waals surface area contributed by atoms with Crippen molar-refractivity contribution >= 4 is 16.2 Å². The van der Waals surface area contributed by atoms with Crippen LogP contribution >= 0.6 is 0 Å². The maximum absolute atomic E-state index is 12.1. The number of nitrogens with one attached hydrogen (secondary N) is 1. The van der Waals surface area contributed by atoms with Crippen LogP contribution in [0.1, 0.15) is 39.5 Å². The van der Waals surface area contributed by atoms with Crippen molar-refractivity contribution in [3.8, 4) is 0 Å². The largest absolute Gasteiger partial charge is 0.480 e. The first-order valence-corrected chi connectivity index (χ1v) is 7.82. The highest BCUT2D eigenvalue weighted by Crippen LogP contribution is 2.15. The zero-order valence-corrected chi connectivity index (χ0v) is 11.7. The van der Waals surface area contributed by atoms with Crippen molar-refractivity contribution in [2.24, 2.45) is 5.92 Å². The van der Waals surface area contributed by atoms with Crippen molar-refractivity contribution < 1.29 is 18.3 Å². The Balaban J connectivity index is 2.75. The monoisotopic (exact) mass is 278 g/mol. The molecule has 1 heterocycles. The molecule has 0 aromatic heterocycles. The van der Waals surface area contributed by atoms with Gasteiger partial charge in [-0.1, -0.05) is 26.7 Å². The number of aliphatic carboxylic acids is 1. The van der Waals surface area contributed by atoms with Gasteiger partial charge in [0.05, 0.1) is 0 Å². The van der Waals surface area contributed by atoms with Crippen LogP contribution in [0.5, 0.6) is 0 Å². The number of piperidine rings is 1. The fraction of sp³-hybridized carbons (Fsp3) is 0.909. The van der Waals surface area contributed by atoms with Gasteiger partial charge in [0.1, 0.15) is 6.04 Å². The fourth-order valence-corrected chi connectivity index (χ4v) is 3.53. The van der Waals surface area contributed by atoms with E-state index < -0.39 is 22.2 Å². The highest BCUT2D eigenvalue weighted by atomic mass is 32.2.